The number of carbonyl (C=O) groups is 1. The molecule has 0 saturated carbocycles. The van der Waals surface area contributed by atoms with Crippen molar-refractivity contribution >= 4 is 26.9 Å². The highest BCUT2D eigenvalue weighted by Gasteiger charge is 2.18. The normalized spacial score (nSPS) is 12.1. The number of hydrogen-bond acceptors (Lipinski definition) is 6. The number of unbranched alkanes of at least 4 members (excludes halogenated alkanes) is 15. The molecule has 0 bridgehead atoms. The molecule has 0 aliphatic carbocycles. The van der Waals surface area contributed by atoms with E-state index >= 15 is 0 Å². The SMILES string of the molecule is CCCCCCCCCCCCCCCCCCOc1c/c(=N/NS(=O)(=O)c2ccc(O)c(C(=O)O)c2)n(C)c2ccccc12. The first-order valence-corrected chi connectivity index (χ1v) is 18.1. The van der Waals surface area contributed by atoms with Crippen LogP contribution in [0.15, 0.2) is 58.5 Å². The second-order valence-electron chi connectivity index (χ2n) is 11.8. The fourth-order valence-corrected chi connectivity index (χ4v) is 6.30. The molecule has 0 unspecified atom stereocenters. The van der Waals surface area contributed by atoms with E-state index in [1.807, 2.05) is 24.3 Å². The lowest BCUT2D eigenvalue weighted by atomic mass is 10.0. The maximum atomic E-state index is 12.9. The minimum absolute atomic E-state index is 0.316. The van der Waals surface area contributed by atoms with Crippen LogP contribution >= 0.6 is 0 Å². The van der Waals surface area contributed by atoms with Crippen molar-refractivity contribution in [1.29, 1.82) is 0 Å². The smallest absolute Gasteiger partial charge is 0.339 e. The van der Waals surface area contributed by atoms with Crippen LogP contribution in [-0.2, 0) is 17.1 Å². The molecule has 1 aromatic heterocycles. The number of benzene rings is 2. The summed E-state index contributed by atoms with van der Waals surface area (Å²) in [6.07, 6.45) is 20.9. The van der Waals surface area contributed by atoms with Crippen molar-refractivity contribution in [1.82, 2.24) is 9.40 Å². The van der Waals surface area contributed by atoms with Gasteiger partial charge in [0.1, 0.15) is 17.1 Å². The number of fused-ring (bicyclic) bond motifs is 1. The molecule has 0 amide bonds. The third-order valence-corrected chi connectivity index (χ3v) is 9.39. The number of aromatic carboxylic acids is 1. The highest BCUT2D eigenvalue weighted by atomic mass is 32.2. The molecule has 0 saturated heterocycles. The number of rotatable bonds is 22. The van der Waals surface area contributed by atoms with Crippen LogP contribution in [0, 0.1) is 0 Å². The van der Waals surface area contributed by atoms with Gasteiger partial charge in [-0.15, -0.1) is 5.10 Å². The van der Waals surface area contributed by atoms with Crippen LogP contribution in [0.2, 0.25) is 0 Å². The number of ether oxygens (including phenoxy) is 1. The number of carboxylic acids is 1. The number of phenols is 1. The summed E-state index contributed by atoms with van der Waals surface area (Å²) in [5.74, 6) is -1.35. The number of hydrogen-bond donors (Lipinski definition) is 3. The number of nitrogens with one attached hydrogen (secondary N) is 1. The molecule has 3 rings (SSSR count). The van der Waals surface area contributed by atoms with Crippen molar-refractivity contribution in [3.63, 3.8) is 0 Å². The summed E-state index contributed by atoms with van der Waals surface area (Å²) in [5.41, 5.74) is 0.619. The fraction of sp³-hybridized carbons (Fsp3) is 0.543. The number of aromatic nitrogens is 1. The van der Waals surface area contributed by atoms with Gasteiger partial charge in [0.15, 0.2) is 5.49 Å². The Labute approximate surface area is 268 Å². The Balaban J connectivity index is 1.46. The summed E-state index contributed by atoms with van der Waals surface area (Å²) in [4.78, 5) is 13.2. The molecule has 45 heavy (non-hydrogen) atoms. The molecule has 0 atom stereocenters. The van der Waals surface area contributed by atoms with E-state index in [1.165, 1.54) is 89.9 Å². The van der Waals surface area contributed by atoms with Gasteiger partial charge in [0.25, 0.3) is 10.0 Å². The number of sulfonamides is 1. The highest BCUT2D eigenvalue weighted by Crippen LogP contribution is 2.24. The predicted molar refractivity (Wildman–Crippen MR) is 179 cm³/mol. The minimum atomic E-state index is -4.20. The quantitative estimate of drug-likeness (QED) is 0.0752. The average Bonchev–Trinajstić information content (AvgIpc) is 3.03. The van der Waals surface area contributed by atoms with E-state index in [9.17, 15) is 23.4 Å². The fourth-order valence-electron chi connectivity index (χ4n) is 5.46. The van der Waals surface area contributed by atoms with E-state index in [4.69, 9.17) is 4.74 Å². The Kier molecular flexibility index (Phi) is 15.2. The first-order valence-electron chi connectivity index (χ1n) is 16.6. The van der Waals surface area contributed by atoms with Gasteiger partial charge in [-0.2, -0.15) is 13.2 Å². The van der Waals surface area contributed by atoms with E-state index in [0.717, 1.165) is 41.9 Å². The second kappa shape index (κ2) is 19.1. The van der Waals surface area contributed by atoms with Crippen LogP contribution in [0.5, 0.6) is 11.5 Å². The van der Waals surface area contributed by atoms with E-state index in [-0.39, 0.29) is 4.90 Å². The van der Waals surface area contributed by atoms with Crippen molar-refractivity contribution in [2.24, 2.45) is 12.1 Å². The largest absolute Gasteiger partial charge is 0.507 e. The molecule has 3 aromatic rings. The van der Waals surface area contributed by atoms with E-state index in [1.54, 1.807) is 17.7 Å². The topological polar surface area (TPSA) is 130 Å². The van der Waals surface area contributed by atoms with Crippen LogP contribution in [0.1, 0.15) is 120 Å². The molecule has 0 aliphatic rings. The highest BCUT2D eigenvalue weighted by molar-refractivity contribution is 7.89. The van der Waals surface area contributed by atoms with Crippen molar-refractivity contribution in [2.75, 3.05) is 6.61 Å². The molecule has 9 nitrogen and oxygen atoms in total. The molecule has 248 valence electrons. The lowest BCUT2D eigenvalue weighted by Gasteiger charge is -2.13. The Morgan fingerprint density at radius 2 is 1.38 bits per heavy atom. The van der Waals surface area contributed by atoms with Gasteiger partial charge in [0.2, 0.25) is 0 Å². The van der Waals surface area contributed by atoms with Gasteiger partial charge in [0, 0.05) is 18.5 Å². The number of aryl methyl sites for hydroxylation is 1. The Hall–Kier alpha value is -3.53. The summed E-state index contributed by atoms with van der Waals surface area (Å²) < 4.78 is 33.7. The Morgan fingerprint density at radius 1 is 0.822 bits per heavy atom. The lowest BCUT2D eigenvalue weighted by Crippen LogP contribution is -2.27. The van der Waals surface area contributed by atoms with Crippen molar-refractivity contribution in [3.8, 4) is 11.5 Å². The number of pyridine rings is 1. The van der Waals surface area contributed by atoms with Gasteiger partial charge in [-0.3, -0.25) is 0 Å². The number of carboxylic acid groups (broad SMARTS) is 1. The third kappa shape index (κ3) is 11.7. The molecule has 10 heteroatoms. The summed E-state index contributed by atoms with van der Waals surface area (Å²) in [7, 11) is -2.43. The molecule has 2 aromatic carbocycles. The van der Waals surface area contributed by atoms with Gasteiger partial charge >= 0.3 is 5.97 Å². The van der Waals surface area contributed by atoms with Crippen LogP contribution in [0.4, 0.5) is 0 Å². The second-order valence-corrected chi connectivity index (χ2v) is 13.4. The molecule has 0 spiro atoms. The average molecular weight is 642 g/mol. The molecular weight excluding hydrogens is 590 g/mol. The van der Waals surface area contributed by atoms with E-state index < -0.39 is 27.3 Å². The Bertz CT molecular complexity index is 1530. The van der Waals surface area contributed by atoms with Gasteiger partial charge in [-0.25, -0.2) is 4.79 Å². The summed E-state index contributed by atoms with van der Waals surface area (Å²) in [6, 6.07) is 12.4. The summed E-state index contributed by atoms with van der Waals surface area (Å²) >= 11 is 0. The van der Waals surface area contributed by atoms with Crippen LogP contribution < -0.4 is 15.1 Å². The molecule has 0 fully saturated rings. The minimum Gasteiger partial charge on any atom is -0.507 e. The van der Waals surface area contributed by atoms with Crippen molar-refractivity contribution in [2.45, 2.75) is 115 Å². The van der Waals surface area contributed by atoms with Gasteiger partial charge in [0.05, 0.1) is 17.0 Å². The number of nitrogens with zero attached hydrogens (tertiary/aromatic N) is 2. The van der Waals surface area contributed by atoms with Crippen LogP contribution in [0.25, 0.3) is 10.9 Å². The van der Waals surface area contributed by atoms with Crippen molar-refractivity contribution in [3.05, 3.63) is 59.6 Å². The zero-order valence-corrected chi connectivity index (χ0v) is 27.8. The van der Waals surface area contributed by atoms with Crippen LogP contribution in [-0.4, -0.2) is 35.8 Å². The predicted octanol–water partition coefficient (Wildman–Crippen LogP) is 8.02. The molecule has 3 N–H and O–H groups in total. The van der Waals surface area contributed by atoms with Crippen LogP contribution in [0.3, 0.4) is 0 Å². The summed E-state index contributed by atoms with van der Waals surface area (Å²) in [6.45, 7) is 2.81. The number of para-hydroxylation sites is 1. The van der Waals surface area contributed by atoms with Gasteiger partial charge < -0.3 is 19.5 Å². The van der Waals surface area contributed by atoms with Gasteiger partial charge in [-0.05, 0) is 36.8 Å². The van der Waals surface area contributed by atoms with E-state index in [2.05, 4.69) is 16.9 Å². The molecular formula is C35H51N3O6S. The summed E-state index contributed by atoms with van der Waals surface area (Å²) in [5, 5.41) is 24.0. The molecule has 1 heterocycles. The molecule has 0 radical (unpaired) electrons. The maximum absolute atomic E-state index is 12.9. The number of aromatic hydroxyl groups is 1. The zero-order chi connectivity index (χ0) is 32.5. The van der Waals surface area contributed by atoms with Crippen molar-refractivity contribution < 1.29 is 28.2 Å². The maximum Gasteiger partial charge on any atom is 0.339 e. The zero-order valence-electron chi connectivity index (χ0n) is 27.0. The lowest BCUT2D eigenvalue weighted by molar-refractivity contribution is 0.0693. The first kappa shape index (κ1) is 35.9. The third-order valence-electron chi connectivity index (χ3n) is 8.18. The monoisotopic (exact) mass is 641 g/mol. The molecule has 0 aliphatic heterocycles. The standard InChI is InChI=1S/C35H51N3O6S/c1-3-4-5-6-7-8-9-10-11-12-13-14-15-16-17-20-25-44-33-27-34(38(2)31-22-19-18-21-29(31)33)36-37-45(42,43)28-23-24-32(39)30(26-28)35(40)41/h18-19,21-24,26-27,37,39H,3-17,20,25H2,1-2H3,(H,40,41)/b36-34-. The van der Waals surface area contributed by atoms with E-state index in [0.29, 0.717) is 17.8 Å². The Morgan fingerprint density at radius 3 is 1.96 bits per heavy atom. The van der Waals surface area contributed by atoms with Gasteiger partial charge in [-0.1, -0.05) is 115 Å². The first-order chi connectivity index (χ1) is 21.7.